The van der Waals surface area contributed by atoms with E-state index >= 15 is 0 Å². The maximum atomic E-state index is 12.2. The van der Waals surface area contributed by atoms with Crippen LogP contribution in [0.15, 0.2) is 35.0 Å². The molecule has 4 rings (SSSR count). The minimum Gasteiger partial charge on any atom is -0.377 e. The van der Waals surface area contributed by atoms with Crippen molar-refractivity contribution in [3.8, 4) is 0 Å². The van der Waals surface area contributed by atoms with Crippen molar-refractivity contribution in [1.29, 1.82) is 0 Å². The van der Waals surface area contributed by atoms with Gasteiger partial charge in [0.05, 0.1) is 12.7 Å². The number of ketones is 1. The minimum atomic E-state index is -1.62. The van der Waals surface area contributed by atoms with Crippen molar-refractivity contribution < 1.29 is 18.3 Å². The molecular weight excluding hydrogens is 334 g/mol. The van der Waals surface area contributed by atoms with E-state index in [-0.39, 0.29) is 17.3 Å². The van der Waals surface area contributed by atoms with Crippen LogP contribution in [0.4, 0.5) is 8.78 Å². The average Bonchev–Trinajstić information content (AvgIpc) is 2.94. The van der Waals surface area contributed by atoms with E-state index < -0.39 is 6.08 Å². The Hall–Kier alpha value is -1.29. The third-order valence-electron chi connectivity index (χ3n) is 7.38. The molecule has 4 atom stereocenters. The summed E-state index contributed by atoms with van der Waals surface area (Å²) >= 11 is 0. The summed E-state index contributed by atoms with van der Waals surface area (Å²) in [6, 6.07) is 0. The topological polar surface area (TPSA) is 26.3 Å². The standard InChI is InChI=1S/C22H28F2O2/c1-22-11-10-17-16-7-5-15(25)13-14(16)4-6-18(17)19(22)8-9-20(22)26-12-2-3-21(23)24/h3,13,18-20H,2,4-12H2,1H3. The molecule has 0 radical (unpaired) electrons. The van der Waals surface area contributed by atoms with Crippen LogP contribution in [0.3, 0.4) is 0 Å². The monoisotopic (exact) mass is 362 g/mol. The highest BCUT2D eigenvalue weighted by Crippen LogP contribution is 2.60. The second-order valence-corrected chi connectivity index (χ2v) is 8.62. The number of ether oxygens (including phenoxy) is 1. The number of hydrogen-bond donors (Lipinski definition) is 0. The predicted molar refractivity (Wildman–Crippen MR) is 96.8 cm³/mol. The predicted octanol–water partition coefficient (Wildman–Crippen LogP) is 5.75. The molecule has 0 saturated heterocycles. The van der Waals surface area contributed by atoms with Crippen LogP contribution in [-0.4, -0.2) is 18.5 Å². The van der Waals surface area contributed by atoms with Gasteiger partial charge in [-0.05, 0) is 91.9 Å². The van der Waals surface area contributed by atoms with Crippen molar-refractivity contribution in [3.63, 3.8) is 0 Å². The van der Waals surface area contributed by atoms with Gasteiger partial charge < -0.3 is 4.74 Å². The Morgan fingerprint density at radius 1 is 1.23 bits per heavy atom. The number of carbonyl (C=O) groups is 1. The Kier molecular flexibility index (Phi) is 4.89. The summed E-state index contributed by atoms with van der Waals surface area (Å²) < 4.78 is 30.5. The summed E-state index contributed by atoms with van der Waals surface area (Å²) in [6.45, 7) is 2.75. The van der Waals surface area contributed by atoms with Crippen LogP contribution in [0.1, 0.15) is 64.7 Å². The summed E-state index contributed by atoms with van der Waals surface area (Å²) in [5, 5.41) is 0. The van der Waals surface area contributed by atoms with Crippen LogP contribution in [0.5, 0.6) is 0 Å². The number of hydrogen-bond acceptors (Lipinski definition) is 2. The summed E-state index contributed by atoms with van der Waals surface area (Å²) in [4.78, 5) is 11.8. The maximum Gasteiger partial charge on any atom is 0.266 e. The van der Waals surface area contributed by atoms with Crippen molar-refractivity contribution in [1.82, 2.24) is 0 Å². The van der Waals surface area contributed by atoms with Crippen molar-refractivity contribution in [2.45, 2.75) is 70.8 Å². The van der Waals surface area contributed by atoms with E-state index in [1.807, 2.05) is 6.08 Å². The fraction of sp³-hybridized carbons (Fsp3) is 0.682. The van der Waals surface area contributed by atoms with Gasteiger partial charge in [-0.15, -0.1) is 0 Å². The highest BCUT2D eigenvalue weighted by Gasteiger charge is 2.54. The van der Waals surface area contributed by atoms with Crippen molar-refractivity contribution in [3.05, 3.63) is 35.0 Å². The van der Waals surface area contributed by atoms with Crippen LogP contribution in [0.25, 0.3) is 0 Å². The van der Waals surface area contributed by atoms with Gasteiger partial charge in [0.25, 0.3) is 6.08 Å². The summed E-state index contributed by atoms with van der Waals surface area (Å²) in [5.41, 5.74) is 4.59. The van der Waals surface area contributed by atoms with Gasteiger partial charge in [0.15, 0.2) is 5.78 Å². The van der Waals surface area contributed by atoms with Gasteiger partial charge in [0.2, 0.25) is 0 Å². The number of allylic oxidation sites excluding steroid dienone is 4. The van der Waals surface area contributed by atoms with Gasteiger partial charge in [0, 0.05) is 6.42 Å². The number of carbonyl (C=O) groups excluding carboxylic acids is 1. The van der Waals surface area contributed by atoms with Crippen molar-refractivity contribution in [2.24, 2.45) is 17.3 Å². The molecule has 0 N–H and O–H groups in total. The number of halogens is 2. The molecular formula is C22H28F2O2. The Balaban J connectivity index is 1.50. The second kappa shape index (κ2) is 7.03. The zero-order chi connectivity index (χ0) is 18.3. The van der Waals surface area contributed by atoms with E-state index in [0.29, 0.717) is 31.3 Å². The van der Waals surface area contributed by atoms with E-state index in [1.54, 1.807) is 5.57 Å². The van der Waals surface area contributed by atoms with Crippen molar-refractivity contribution >= 4 is 5.78 Å². The van der Waals surface area contributed by atoms with Gasteiger partial charge in [0.1, 0.15) is 0 Å². The molecule has 26 heavy (non-hydrogen) atoms. The lowest BCUT2D eigenvalue weighted by molar-refractivity contribution is -0.114. The lowest BCUT2D eigenvalue weighted by atomic mass is 9.57. The fourth-order valence-corrected chi connectivity index (χ4v) is 6.13. The van der Waals surface area contributed by atoms with Gasteiger partial charge in [-0.2, -0.15) is 8.78 Å². The number of fused-ring (bicyclic) bond motifs is 4. The number of rotatable bonds is 4. The Morgan fingerprint density at radius 3 is 2.88 bits per heavy atom. The van der Waals surface area contributed by atoms with E-state index in [2.05, 4.69) is 6.92 Å². The first-order chi connectivity index (χ1) is 12.5. The summed E-state index contributed by atoms with van der Waals surface area (Å²) in [7, 11) is 0. The molecule has 0 aromatic carbocycles. The Labute approximate surface area is 154 Å². The van der Waals surface area contributed by atoms with Crippen LogP contribution in [-0.2, 0) is 9.53 Å². The molecule has 4 aliphatic carbocycles. The molecule has 0 bridgehead atoms. The third kappa shape index (κ3) is 3.11. The molecule has 2 nitrogen and oxygen atoms in total. The third-order valence-corrected chi connectivity index (χ3v) is 7.38. The van der Waals surface area contributed by atoms with Gasteiger partial charge >= 0.3 is 0 Å². The first kappa shape index (κ1) is 18.1. The summed E-state index contributed by atoms with van der Waals surface area (Å²) in [6.07, 6.45) is 9.96. The van der Waals surface area contributed by atoms with Crippen LogP contribution in [0, 0.1) is 17.3 Å². The molecule has 0 spiro atoms. The van der Waals surface area contributed by atoms with E-state index in [1.165, 1.54) is 17.6 Å². The maximum absolute atomic E-state index is 12.2. The quantitative estimate of drug-likeness (QED) is 0.595. The normalized spacial score (nSPS) is 36.2. The SMILES string of the molecule is CC12CCC3=C4CCC(=O)C=C4CCC3C1CCC2OCCC=C(F)F. The molecule has 0 aromatic heterocycles. The minimum absolute atomic E-state index is 0.165. The molecule has 0 aromatic rings. The molecule has 142 valence electrons. The highest BCUT2D eigenvalue weighted by molar-refractivity contribution is 5.93. The van der Waals surface area contributed by atoms with Gasteiger partial charge in [-0.25, -0.2) is 0 Å². The van der Waals surface area contributed by atoms with Gasteiger partial charge in [-0.3, -0.25) is 4.79 Å². The zero-order valence-electron chi connectivity index (χ0n) is 15.5. The van der Waals surface area contributed by atoms with Crippen LogP contribution < -0.4 is 0 Å². The molecule has 4 heteroatoms. The smallest absolute Gasteiger partial charge is 0.266 e. The largest absolute Gasteiger partial charge is 0.377 e. The van der Waals surface area contributed by atoms with Gasteiger partial charge in [-0.1, -0.05) is 12.5 Å². The van der Waals surface area contributed by atoms with Crippen molar-refractivity contribution in [2.75, 3.05) is 6.61 Å². The lowest BCUT2D eigenvalue weighted by Crippen LogP contribution is -2.43. The molecule has 2 saturated carbocycles. The van der Waals surface area contributed by atoms with Crippen LogP contribution in [0.2, 0.25) is 0 Å². The molecule has 0 aliphatic heterocycles. The molecule has 0 heterocycles. The average molecular weight is 362 g/mol. The Bertz CT molecular complexity index is 686. The van der Waals surface area contributed by atoms with E-state index in [0.717, 1.165) is 44.6 Å². The molecule has 4 aliphatic rings. The molecule has 0 amide bonds. The first-order valence-corrected chi connectivity index (χ1v) is 10.1. The second-order valence-electron chi connectivity index (χ2n) is 8.62. The van der Waals surface area contributed by atoms with E-state index in [9.17, 15) is 13.6 Å². The molecule has 4 unspecified atom stereocenters. The van der Waals surface area contributed by atoms with Crippen LogP contribution >= 0.6 is 0 Å². The Morgan fingerprint density at radius 2 is 2.08 bits per heavy atom. The lowest BCUT2D eigenvalue weighted by Gasteiger charge is -2.49. The highest BCUT2D eigenvalue weighted by atomic mass is 19.3. The fourth-order valence-electron chi connectivity index (χ4n) is 6.13. The zero-order valence-corrected chi connectivity index (χ0v) is 15.5. The first-order valence-electron chi connectivity index (χ1n) is 10.1. The molecule has 2 fully saturated rings. The summed E-state index contributed by atoms with van der Waals surface area (Å²) in [5.74, 6) is 1.55. The van der Waals surface area contributed by atoms with E-state index in [4.69, 9.17) is 4.74 Å².